The summed E-state index contributed by atoms with van der Waals surface area (Å²) in [5.41, 5.74) is 3.42. The van der Waals surface area contributed by atoms with Gasteiger partial charge in [0, 0.05) is 23.7 Å². The summed E-state index contributed by atoms with van der Waals surface area (Å²) in [4.78, 5) is 32.7. The molecule has 0 aromatic heterocycles. The first kappa shape index (κ1) is 28.7. The number of esters is 1. The monoisotopic (exact) mass is 561 g/mol. The van der Waals surface area contributed by atoms with Crippen molar-refractivity contribution in [3.8, 4) is 23.0 Å². The fourth-order valence-electron chi connectivity index (χ4n) is 6.54. The second-order valence-electron chi connectivity index (χ2n) is 11.1. The fraction of sp³-hybridized carbons (Fsp3) is 0.485. The molecule has 2 aromatic rings. The SMILES string of the molecule is CCOc1cc([C@@H]2C(C(=O)OC3CCCCC3)=C(C)N=C3C[C@H](c4ccc(OC)c(OC)c4)CC(=O)C32)ccc1O. The van der Waals surface area contributed by atoms with Gasteiger partial charge in [-0.1, -0.05) is 18.6 Å². The minimum Gasteiger partial charge on any atom is -0.504 e. The number of hydrogen-bond donors (Lipinski definition) is 1. The van der Waals surface area contributed by atoms with Gasteiger partial charge in [0.1, 0.15) is 11.9 Å². The first-order chi connectivity index (χ1) is 19.8. The molecule has 0 spiro atoms. The number of carbonyl (C=O) groups is 2. The molecule has 1 aliphatic heterocycles. The first-order valence-electron chi connectivity index (χ1n) is 14.5. The Hall–Kier alpha value is -3.81. The van der Waals surface area contributed by atoms with Gasteiger partial charge < -0.3 is 24.1 Å². The van der Waals surface area contributed by atoms with Gasteiger partial charge in [0.25, 0.3) is 0 Å². The molecule has 2 fully saturated rings. The number of ketones is 1. The topological polar surface area (TPSA) is 104 Å². The third-order valence-corrected chi connectivity index (χ3v) is 8.52. The Kier molecular flexibility index (Phi) is 8.66. The van der Waals surface area contributed by atoms with Gasteiger partial charge >= 0.3 is 5.97 Å². The molecule has 0 bridgehead atoms. The van der Waals surface area contributed by atoms with Gasteiger partial charge in [0.15, 0.2) is 23.0 Å². The van der Waals surface area contributed by atoms with E-state index in [-0.39, 0.29) is 23.6 Å². The fourth-order valence-corrected chi connectivity index (χ4v) is 6.54. The molecule has 2 aliphatic carbocycles. The lowest BCUT2D eigenvalue weighted by atomic mass is 9.66. The van der Waals surface area contributed by atoms with Crippen molar-refractivity contribution in [2.75, 3.05) is 20.8 Å². The summed E-state index contributed by atoms with van der Waals surface area (Å²) in [5.74, 6) is -0.109. The van der Waals surface area contributed by atoms with E-state index in [1.54, 1.807) is 32.4 Å². The smallest absolute Gasteiger partial charge is 0.336 e. The van der Waals surface area contributed by atoms with E-state index in [1.165, 1.54) is 0 Å². The lowest BCUT2D eigenvalue weighted by Gasteiger charge is -2.38. The van der Waals surface area contributed by atoms with Crippen LogP contribution in [0.25, 0.3) is 0 Å². The zero-order valence-electron chi connectivity index (χ0n) is 24.3. The summed E-state index contributed by atoms with van der Waals surface area (Å²) in [6, 6.07) is 10.8. The average molecular weight is 562 g/mol. The van der Waals surface area contributed by atoms with Crippen LogP contribution in [0.1, 0.15) is 81.8 Å². The molecular weight excluding hydrogens is 522 g/mol. The Morgan fingerprint density at radius 3 is 2.34 bits per heavy atom. The molecule has 218 valence electrons. The van der Waals surface area contributed by atoms with Gasteiger partial charge in [-0.25, -0.2) is 4.79 Å². The average Bonchev–Trinajstić information content (AvgIpc) is 2.97. The van der Waals surface area contributed by atoms with Crippen LogP contribution < -0.4 is 14.2 Å². The van der Waals surface area contributed by atoms with Crippen LogP contribution in [0.15, 0.2) is 52.7 Å². The minimum absolute atomic E-state index is 0.0100. The van der Waals surface area contributed by atoms with Crippen molar-refractivity contribution in [2.45, 2.75) is 76.7 Å². The van der Waals surface area contributed by atoms with Crippen molar-refractivity contribution >= 4 is 17.5 Å². The van der Waals surface area contributed by atoms with E-state index in [2.05, 4.69) is 0 Å². The number of allylic oxidation sites excluding steroid dienone is 1. The van der Waals surface area contributed by atoms with Crippen molar-refractivity contribution in [1.29, 1.82) is 0 Å². The minimum atomic E-state index is -0.608. The number of aromatic hydroxyl groups is 1. The van der Waals surface area contributed by atoms with Crippen LogP contribution >= 0.6 is 0 Å². The lowest BCUT2D eigenvalue weighted by Crippen LogP contribution is -2.41. The molecule has 0 amide bonds. The highest BCUT2D eigenvalue weighted by Crippen LogP contribution is 2.48. The molecule has 8 heteroatoms. The summed E-state index contributed by atoms with van der Waals surface area (Å²) < 4.78 is 22.6. The Morgan fingerprint density at radius 1 is 0.927 bits per heavy atom. The number of aliphatic imine (C=N–C) groups is 1. The molecule has 3 aliphatic rings. The molecule has 1 heterocycles. The Labute approximate surface area is 241 Å². The number of hydrogen-bond acceptors (Lipinski definition) is 8. The maximum Gasteiger partial charge on any atom is 0.336 e. The summed E-state index contributed by atoms with van der Waals surface area (Å²) in [6.07, 6.45) is 5.67. The predicted molar refractivity (Wildman–Crippen MR) is 155 cm³/mol. The summed E-state index contributed by atoms with van der Waals surface area (Å²) in [6.45, 7) is 4.03. The van der Waals surface area contributed by atoms with Gasteiger partial charge in [-0.15, -0.1) is 0 Å². The number of fused-ring (bicyclic) bond motifs is 1. The van der Waals surface area contributed by atoms with E-state index >= 15 is 0 Å². The van der Waals surface area contributed by atoms with Crippen LogP contribution in [-0.2, 0) is 14.3 Å². The van der Waals surface area contributed by atoms with Crippen LogP contribution in [0.3, 0.4) is 0 Å². The van der Waals surface area contributed by atoms with Crippen molar-refractivity contribution in [3.63, 3.8) is 0 Å². The number of phenols is 1. The van der Waals surface area contributed by atoms with Crippen LogP contribution in [0, 0.1) is 5.92 Å². The van der Waals surface area contributed by atoms with Crippen LogP contribution in [-0.4, -0.2) is 49.5 Å². The molecule has 3 atom stereocenters. The summed E-state index contributed by atoms with van der Waals surface area (Å²) >= 11 is 0. The lowest BCUT2D eigenvalue weighted by molar-refractivity contribution is -0.146. The third-order valence-electron chi connectivity index (χ3n) is 8.52. The van der Waals surface area contributed by atoms with Crippen molar-refractivity contribution in [1.82, 2.24) is 0 Å². The molecule has 1 N–H and O–H groups in total. The second-order valence-corrected chi connectivity index (χ2v) is 11.1. The van der Waals surface area contributed by atoms with Crippen LogP contribution in [0.5, 0.6) is 23.0 Å². The summed E-state index contributed by atoms with van der Waals surface area (Å²) in [7, 11) is 3.19. The van der Waals surface area contributed by atoms with Crippen molar-refractivity contribution < 1.29 is 33.6 Å². The molecule has 2 aromatic carbocycles. The Balaban J connectivity index is 1.54. The normalized spacial score (nSPS) is 23.0. The number of ether oxygens (including phenoxy) is 4. The van der Waals surface area contributed by atoms with Crippen molar-refractivity contribution in [3.05, 3.63) is 58.8 Å². The van der Waals surface area contributed by atoms with Gasteiger partial charge in [-0.05, 0) is 87.3 Å². The quantitative estimate of drug-likeness (QED) is 0.380. The van der Waals surface area contributed by atoms with Crippen LogP contribution in [0.4, 0.5) is 0 Å². The Morgan fingerprint density at radius 2 is 1.63 bits per heavy atom. The Bertz CT molecular complexity index is 1370. The van der Waals surface area contributed by atoms with Gasteiger partial charge in [-0.3, -0.25) is 9.79 Å². The number of phenolic OH excluding ortho intramolecular Hbond substituents is 1. The third kappa shape index (κ3) is 5.83. The van der Waals surface area contributed by atoms with E-state index in [1.807, 2.05) is 32.0 Å². The summed E-state index contributed by atoms with van der Waals surface area (Å²) in [5, 5.41) is 10.4. The van der Waals surface area contributed by atoms with Crippen molar-refractivity contribution in [2.24, 2.45) is 10.9 Å². The number of Topliss-reactive ketones (excluding diaryl/α,β-unsaturated/α-hetero) is 1. The molecule has 1 unspecified atom stereocenters. The number of benzene rings is 2. The number of rotatable bonds is 8. The number of carbonyl (C=O) groups excluding carboxylic acids is 2. The van der Waals surface area contributed by atoms with Crippen LogP contribution in [0.2, 0.25) is 0 Å². The molecule has 5 rings (SSSR count). The zero-order valence-corrected chi connectivity index (χ0v) is 24.3. The highest BCUT2D eigenvalue weighted by Gasteiger charge is 2.46. The van der Waals surface area contributed by atoms with E-state index in [4.69, 9.17) is 23.9 Å². The number of methoxy groups -OCH3 is 2. The molecular formula is C33H39NO7. The maximum atomic E-state index is 14.0. The van der Waals surface area contributed by atoms with Gasteiger partial charge in [0.2, 0.25) is 0 Å². The largest absolute Gasteiger partial charge is 0.504 e. The number of nitrogens with zero attached hydrogens (tertiary/aromatic N) is 1. The molecule has 41 heavy (non-hydrogen) atoms. The van der Waals surface area contributed by atoms with E-state index in [0.29, 0.717) is 48.0 Å². The van der Waals surface area contributed by atoms with Gasteiger partial charge in [-0.2, -0.15) is 0 Å². The van der Waals surface area contributed by atoms with E-state index in [0.717, 1.165) is 48.9 Å². The van der Waals surface area contributed by atoms with E-state index < -0.39 is 17.8 Å². The molecule has 8 nitrogen and oxygen atoms in total. The van der Waals surface area contributed by atoms with E-state index in [9.17, 15) is 14.7 Å². The molecule has 2 saturated carbocycles. The highest BCUT2D eigenvalue weighted by molar-refractivity contribution is 6.12. The highest BCUT2D eigenvalue weighted by atomic mass is 16.5. The molecule has 0 radical (unpaired) electrons. The van der Waals surface area contributed by atoms with Gasteiger partial charge in [0.05, 0.1) is 32.3 Å². The second kappa shape index (κ2) is 12.4. The predicted octanol–water partition coefficient (Wildman–Crippen LogP) is 6.26. The maximum absolute atomic E-state index is 14.0. The standard InChI is InChI=1S/C33H39NO7/c1-5-40-28-18-21(11-13-25(28)35)31-30(33(37)41-23-9-7-6-8-10-23)19(2)34-24-15-22(16-26(36)32(24)31)20-12-14-27(38-3)29(17-20)39-4/h11-14,17-18,22-23,31-32,35H,5-10,15-16H2,1-4H3/t22-,31+,32?/m0/s1. The molecule has 0 saturated heterocycles. The zero-order chi connectivity index (χ0) is 29.1. The first-order valence-corrected chi connectivity index (χ1v) is 14.5.